The highest BCUT2D eigenvalue weighted by Gasteiger charge is 1.97. The van der Waals surface area contributed by atoms with Crippen LogP contribution in [0.15, 0.2) is 188 Å². The monoisotopic (exact) mass is 1170 g/mol. The Bertz CT molecular complexity index is 1550. The first-order valence-corrected chi connectivity index (χ1v) is 34.6. The maximum Gasteiger partial charge on any atom is 0.115 e. The van der Waals surface area contributed by atoms with E-state index < -0.39 is 0 Å². The first-order chi connectivity index (χ1) is 41.2. The molecule has 3 heteroatoms. The van der Waals surface area contributed by atoms with Crippen molar-refractivity contribution in [3.05, 3.63) is 188 Å². The van der Waals surface area contributed by atoms with Gasteiger partial charge in [-0.3, -0.25) is 0 Å². The van der Waals surface area contributed by atoms with Gasteiger partial charge in [0.2, 0.25) is 0 Å². The number of allylic oxidation sites excluding steroid dienone is 16. The molecule has 0 fully saturated rings. The van der Waals surface area contributed by atoms with E-state index in [0.29, 0.717) is 28.1 Å². The van der Waals surface area contributed by atoms with Crippen LogP contribution in [0.2, 0.25) is 0 Å². The average molecular weight is 1170 g/mol. The van der Waals surface area contributed by atoms with Gasteiger partial charge in [-0.1, -0.05) is 300 Å². The Labute approximate surface area is 531 Å². The molecular formula is C82H140O3. The maximum atomic E-state index is 8.63. The largest absolute Gasteiger partial charge is 0.508 e. The summed E-state index contributed by atoms with van der Waals surface area (Å²) in [6.07, 6.45) is 80.0. The summed E-state index contributed by atoms with van der Waals surface area (Å²) in [4.78, 5) is 0. The minimum atomic E-state index is 0.322. The SMILES string of the molecule is C1=CCCCCCC/C=C/CC1.C1=CCCCCCC/C=C/CC1.C1=CCCCCCC/C=C/CC1.C1=CCCCCCC/C=C/CC1.CC.CC.CC.CC(C)(C)C.CC(C)(C)C.Oc1ccccc1.Oc1ccccc1.Oc1ccccc1. The minimum absolute atomic E-state index is 0.322. The van der Waals surface area contributed by atoms with E-state index in [9.17, 15) is 0 Å². The van der Waals surface area contributed by atoms with Crippen molar-refractivity contribution in [3.8, 4) is 17.2 Å². The molecule has 0 heterocycles. The molecule has 0 aliphatic heterocycles. The first kappa shape index (κ1) is 88.7. The van der Waals surface area contributed by atoms with Crippen LogP contribution >= 0.6 is 0 Å². The topological polar surface area (TPSA) is 60.7 Å². The van der Waals surface area contributed by atoms with Crippen LogP contribution in [0.5, 0.6) is 17.2 Å². The Kier molecular flexibility index (Phi) is 80.4. The second-order valence-corrected chi connectivity index (χ2v) is 24.1. The van der Waals surface area contributed by atoms with Crippen molar-refractivity contribution >= 4 is 0 Å². The lowest BCUT2D eigenvalue weighted by Crippen LogP contribution is -1.93. The van der Waals surface area contributed by atoms with Crippen molar-refractivity contribution < 1.29 is 15.3 Å². The third-order valence-electron chi connectivity index (χ3n) is 11.6. The highest BCUT2D eigenvalue weighted by Crippen LogP contribution is 2.14. The van der Waals surface area contributed by atoms with Crippen molar-refractivity contribution in [1.82, 2.24) is 0 Å². The summed E-state index contributed by atoms with van der Waals surface area (Å²) in [7, 11) is 0. The summed E-state index contributed by atoms with van der Waals surface area (Å²) >= 11 is 0. The third kappa shape index (κ3) is 104. The highest BCUT2D eigenvalue weighted by molar-refractivity contribution is 5.20. The van der Waals surface area contributed by atoms with Crippen LogP contribution in [0.1, 0.15) is 302 Å². The molecule has 0 aromatic heterocycles. The Balaban J connectivity index is -0.000000283. The zero-order valence-corrected chi connectivity index (χ0v) is 58.4. The number of benzene rings is 3. The molecule has 3 N–H and O–H groups in total. The molecule has 85 heavy (non-hydrogen) atoms. The Morgan fingerprint density at radius 2 is 0.294 bits per heavy atom. The van der Waals surface area contributed by atoms with E-state index in [0.717, 1.165) is 0 Å². The molecule has 3 nitrogen and oxygen atoms in total. The van der Waals surface area contributed by atoms with Crippen molar-refractivity contribution in [1.29, 1.82) is 0 Å². The number of hydrogen-bond donors (Lipinski definition) is 3. The number of aromatic hydroxyl groups is 3. The molecule has 0 saturated carbocycles. The standard InChI is InChI=1S/4C12H20.3C6H6O.2C5H12.3C2H6/c4*1-2-4-6-8-10-12-11-9-7-5-3-1;3*7-6-4-2-1-3-5-6;2*1-5(2,3)4;3*1-2/h4*1-2,7,9H,3-6,8,10-12H2;3*1-5,7H;2*1-4H3;3*1-2H3/b4*2-1+,9-7?;;;;;;;;. The predicted molar refractivity (Wildman–Crippen MR) is 389 cm³/mol. The average Bonchev–Trinajstić information content (AvgIpc) is 3.47. The Hall–Kier alpha value is -5.02. The highest BCUT2D eigenvalue weighted by atomic mass is 16.3. The van der Waals surface area contributed by atoms with Gasteiger partial charge in [0.25, 0.3) is 0 Å². The van der Waals surface area contributed by atoms with Crippen LogP contribution in [0.4, 0.5) is 0 Å². The van der Waals surface area contributed by atoms with Crippen molar-refractivity contribution in [3.63, 3.8) is 0 Å². The molecule has 0 atom stereocenters. The smallest absolute Gasteiger partial charge is 0.115 e. The minimum Gasteiger partial charge on any atom is -0.508 e. The fourth-order valence-electron chi connectivity index (χ4n) is 7.45. The second kappa shape index (κ2) is 77.0. The van der Waals surface area contributed by atoms with Gasteiger partial charge in [0.1, 0.15) is 17.2 Å². The van der Waals surface area contributed by atoms with Gasteiger partial charge in [0, 0.05) is 0 Å². The molecule has 3 aromatic rings. The lowest BCUT2D eigenvalue weighted by Gasteiger charge is -2.05. The van der Waals surface area contributed by atoms with Crippen LogP contribution in [-0.2, 0) is 0 Å². The molecule has 4 aliphatic carbocycles. The number of rotatable bonds is 0. The van der Waals surface area contributed by atoms with Crippen molar-refractivity contribution in [2.24, 2.45) is 10.8 Å². The second-order valence-electron chi connectivity index (χ2n) is 24.1. The van der Waals surface area contributed by atoms with E-state index in [-0.39, 0.29) is 0 Å². The molecule has 0 bridgehead atoms. The molecule has 0 saturated heterocycles. The Morgan fingerprint density at radius 1 is 0.188 bits per heavy atom. The van der Waals surface area contributed by atoms with Gasteiger partial charge >= 0.3 is 0 Å². The first-order valence-electron chi connectivity index (χ1n) is 34.6. The zero-order chi connectivity index (χ0) is 64.3. The fourth-order valence-corrected chi connectivity index (χ4v) is 7.45. The molecule has 0 unspecified atom stereocenters. The van der Waals surface area contributed by atoms with E-state index in [1.54, 1.807) is 72.8 Å². The van der Waals surface area contributed by atoms with Crippen LogP contribution in [0.25, 0.3) is 0 Å². The normalized spacial score (nSPS) is 17.3. The van der Waals surface area contributed by atoms with E-state index in [1.165, 1.54) is 205 Å². The molecule has 4 aliphatic rings. The molecule has 0 spiro atoms. The molecular weight excluding hydrogens is 1030 g/mol. The summed E-state index contributed by atoms with van der Waals surface area (Å²) in [5.74, 6) is 0.965. The lowest BCUT2D eigenvalue weighted by atomic mass is 10.0. The van der Waals surface area contributed by atoms with Crippen molar-refractivity contribution in [2.45, 2.75) is 302 Å². The van der Waals surface area contributed by atoms with Crippen LogP contribution in [-0.4, -0.2) is 15.3 Å². The van der Waals surface area contributed by atoms with Crippen LogP contribution < -0.4 is 0 Å². The van der Waals surface area contributed by atoms with Gasteiger partial charge in [-0.05, 0) is 201 Å². The number of hydrogen-bond acceptors (Lipinski definition) is 3. The van der Waals surface area contributed by atoms with Gasteiger partial charge in [0.15, 0.2) is 0 Å². The summed E-state index contributed by atoms with van der Waals surface area (Å²) in [6, 6.07) is 26.1. The number of para-hydroxylation sites is 3. The summed E-state index contributed by atoms with van der Waals surface area (Å²) < 4.78 is 0. The van der Waals surface area contributed by atoms with Crippen LogP contribution in [0, 0.1) is 10.8 Å². The zero-order valence-electron chi connectivity index (χ0n) is 58.4. The summed E-state index contributed by atoms with van der Waals surface area (Å²) in [6.45, 7) is 29.5. The van der Waals surface area contributed by atoms with Gasteiger partial charge in [-0.25, -0.2) is 0 Å². The quantitative estimate of drug-likeness (QED) is 0.197. The molecule has 3 aromatic carbocycles. The molecule has 0 amide bonds. The summed E-state index contributed by atoms with van der Waals surface area (Å²) in [5, 5.41) is 25.9. The van der Waals surface area contributed by atoms with Gasteiger partial charge < -0.3 is 15.3 Å². The number of phenols is 3. The number of phenolic OH excluding ortho intramolecular Hbond substituents is 3. The molecule has 0 radical (unpaired) electrons. The van der Waals surface area contributed by atoms with E-state index in [1.807, 2.05) is 59.7 Å². The van der Waals surface area contributed by atoms with Gasteiger partial charge in [-0.2, -0.15) is 0 Å². The van der Waals surface area contributed by atoms with E-state index in [2.05, 4.69) is 153 Å². The Morgan fingerprint density at radius 3 is 0.388 bits per heavy atom. The van der Waals surface area contributed by atoms with E-state index >= 15 is 0 Å². The summed E-state index contributed by atoms with van der Waals surface area (Å²) in [5.41, 5.74) is 1.00. The van der Waals surface area contributed by atoms with E-state index in [4.69, 9.17) is 15.3 Å². The van der Waals surface area contributed by atoms with Crippen LogP contribution in [0.3, 0.4) is 0 Å². The lowest BCUT2D eigenvalue weighted by molar-refractivity contribution is 0.469. The molecule has 7 rings (SSSR count). The predicted octanol–water partition coefficient (Wildman–Crippen LogP) is 28.3. The maximum absolute atomic E-state index is 8.63. The van der Waals surface area contributed by atoms with Crippen molar-refractivity contribution in [2.75, 3.05) is 0 Å². The van der Waals surface area contributed by atoms with Gasteiger partial charge in [0.05, 0.1) is 0 Å². The third-order valence-corrected chi connectivity index (χ3v) is 11.6. The van der Waals surface area contributed by atoms with Gasteiger partial charge in [-0.15, -0.1) is 0 Å². The fraction of sp³-hybridized carbons (Fsp3) is 0.585. The molecule has 486 valence electrons.